The minimum atomic E-state index is -1.67. The molecule has 0 aliphatic heterocycles. The highest BCUT2D eigenvalue weighted by Gasteiger charge is 2.37. The van der Waals surface area contributed by atoms with Crippen LogP contribution in [0.4, 0.5) is 0 Å². The second-order valence-corrected chi connectivity index (χ2v) is 12.3. The Bertz CT molecular complexity index is 438. The van der Waals surface area contributed by atoms with E-state index in [1.54, 1.807) is 12.1 Å². The first-order valence-corrected chi connectivity index (χ1v) is 10.5. The van der Waals surface area contributed by atoms with Crippen LogP contribution in [0.25, 0.3) is 0 Å². The first kappa shape index (κ1) is 18.4. The van der Waals surface area contributed by atoms with Gasteiger partial charge in [-0.1, -0.05) is 52.0 Å². The van der Waals surface area contributed by atoms with Crippen LogP contribution in [0.3, 0.4) is 0 Å². The molecule has 1 aromatic carbocycles. The van der Waals surface area contributed by atoms with Crippen molar-refractivity contribution in [3.63, 3.8) is 0 Å². The molecule has 1 atom stereocenters. The Morgan fingerprint density at radius 1 is 1.14 bits per heavy atom. The summed E-state index contributed by atoms with van der Waals surface area (Å²) in [6.07, 6.45) is 0.941. The van der Waals surface area contributed by atoms with Crippen molar-refractivity contribution in [3.8, 4) is 0 Å². The molecule has 1 rings (SSSR count). The first-order valence-electron chi connectivity index (χ1n) is 7.62. The van der Waals surface area contributed by atoms with E-state index >= 15 is 0 Å². The molecule has 0 spiro atoms. The Morgan fingerprint density at radius 3 is 2.10 bits per heavy atom. The standard InChI is InChI=1S/C16H29BO3Si/c1-13(12-20-21(5,6)16(2,3)4)11-14-7-9-15(10-8-14)17(18)19/h7-10,13,18-19H,11-12H2,1-6H3. The maximum absolute atomic E-state index is 9.09. The van der Waals surface area contributed by atoms with Crippen LogP contribution in [-0.2, 0) is 10.8 Å². The van der Waals surface area contributed by atoms with Crippen LogP contribution in [0.5, 0.6) is 0 Å². The lowest BCUT2D eigenvalue weighted by Gasteiger charge is -2.37. The topological polar surface area (TPSA) is 49.7 Å². The molecule has 3 nitrogen and oxygen atoms in total. The van der Waals surface area contributed by atoms with E-state index in [9.17, 15) is 0 Å². The van der Waals surface area contributed by atoms with E-state index in [1.165, 1.54) is 5.56 Å². The van der Waals surface area contributed by atoms with E-state index in [-0.39, 0.29) is 5.04 Å². The molecule has 118 valence electrons. The van der Waals surface area contributed by atoms with Gasteiger partial charge in [0, 0.05) is 6.61 Å². The summed E-state index contributed by atoms with van der Waals surface area (Å²) in [6.45, 7) is 14.3. The maximum Gasteiger partial charge on any atom is 0.488 e. The predicted molar refractivity (Wildman–Crippen MR) is 92.3 cm³/mol. The maximum atomic E-state index is 9.09. The van der Waals surface area contributed by atoms with E-state index < -0.39 is 15.4 Å². The van der Waals surface area contributed by atoms with Gasteiger partial charge in [-0.05, 0) is 41.5 Å². The van der Waals surface area contributed by atoms with Gasteiger partial charge in [-0.15, -0.1) is 0 Å². The van der Waals surface area contributed by atoms with Crippen molar-refractivity contribution < 1.29 is 14.5 Å². The summed E-state index contributed by atoms with van der Waals surface area (Å²) in [5.41, 5.74) is 1.73. The summed E-state index contributed by atoms with van der Waals surface area (Å²) in [7, 11) is -3.07. The van der Waals surface area contributed by atoms with Crippen LogP contribution >= 0.6 is 0 Å². The monoisotopic (exact) mass is 308 g/mol. The summed E-state index contributed by atoms with van der Waals surface area (Å²) in [4.78, 5) is 0. The molecule has 0 aromatic heterocycles. The predicted octanol–water partition coefficient (Wildman–Crippen LogP) is 2.57. The van der Waals surface area contributed by atoms with Crippen molar-refractivity contribution >= 4 is 20.9 Å². The molecule has 2 N–H and O–H groups in total. The number of hydrogen-bond acceptors (Lipinski definition) is 3. The second-order valence-electron chi connectivity index (χ2n) is 7.50. The number of rotatable bonds is 6. The fourth-order valence-electron chi connectivity index (χ4n) is 1.85. The molecule has 0 saturated heterocycles. The summed E-state index contributed by atoms with van der Waals surface area (Å²) in [6, 6.07) is 7.44. The third-order valence-corrected chi connectivity index (χ3v) is 8.90. The highest BCUT2D eigenvalue weighted by molar-refractivity contribution is 6.74. The fraction of sp³-hybridized carbons (Fsp3) is 0.625. The molecule has 0 heterocycles. The lowest BCUT2D eigenvalue weighted by Crippen LogP contribution is -2.41. The van der Waals surface area contributed by atoms with Crippen LogP contribution < -0.4 is 5.46 Å². The Hall–Kier alpha value is -0.618. The minimum absolute atomic E-state index is 0.242. The van der Waals surface area contributed by atoms with Gasteiger partial charge in [0.05, 0.1) is 0 Å². The van der Waals surface area contributed by atoms with Crippen molar-refractivity contribution in [2.45, 2.75) is 52.2 Å². The lowest BCUT2D eigenvalue weighted by atomic mass is 9.80. The van der Waals surface area contributed by atoms with Gasteiger partial charge in [0.15, 0.2) is 8.32 Å². The zero-order valence-electron chi connectivity index (χ0n) is 14.2. The summed E-state index contributed by atoms with van der Waals surface area (Å²) in [5, 5.41) is 18.4. The largest absolute Gasteiger partial charge is 0.488 e. The summed E-state index contributed by atoms with van der Waals surface area (Å²) in [5.74, 6) is 0.448. The SMILES string of the molecule is CC(CO[Si](C)(C)C(C)(C)C)Cc1ccc(B(O)O)cc1. The molecule has 1 aromatic rings. The van der Waals surface area contributed by atoms with Crippen molar-refractivity contribution in [1.29, 1.82) is 0 Å². The van der Waals surface area contributed by atoms with E-state index in [0.717, 1.165) is 13.0 Å². The van der Waals surface area contributed by atoms with Crippen molar-refractivity contribution in [1.82, 2.24) is 0 Å². The van der Waals surface area contributed by atoms with Crippen LogP contribution in [0, 0.1) is 5.92 Å². The Morgan fingerprint density at radius 2 is 1.67 bits per heavy atom. The molecular weight excluding hydrogens is 279 g/mol. The highest BCUT2D eigenvalue weighted by atomic mass is 28.4. The highest BCUT2D eigenvalue weighted by Crippen LogP contribution is 2.36. The zero-order chi connectivity index (χ0) is 16.3. The van der Waals surface area contributed by atoms with Gasteiger partial charge < -0.3 is 14.5 Å². The van der Waals surface area contributed by atoms with Gasteiger partial charge in [0.2, 0.25) is 0 Å². The molecule has 21 heavy (non-hydrogen) atoms. The van der Waals surface area contributed by atoms with Gasteiger partial charge in [-0.2, -0.15) is 0 Å². The van der Waals surface area contributed by atoms with Crippen LogP contribution in [0.15, 0.2) is 24.3 Å². The fourth-order valence-corrected chi connectivity index (χ4v) is 2.99. The summed E-state index contributed by atoms with van der Waals surface area (Å²) < 4.78 is 6.25. The van der Waals surface area contributed by atoms with Gasteiger partial charge in [0.25, 0.3) is 0 Å². The average Bonchev–Trinajstić information content (AvgIpc) is 2.36. The van der Waals surface area contributed by atoms with E-state index in [2.05, 4.69) is 40.8 Å². The van der Waals surface area contributed by atoms with E-state index in [0.29, 0.717) is 11.4 Å². The quantitative estimate of drug-likeness (QED) is 0.794. The Balaban J connectivity index is 2.52. The molecule has 0 amide bonds. The van der Waals surface area contributed by atoms with Gasteiger partial charge >= 0.3 is 7.12 Å². The Kier molecular flexibility index (Phi) is 6.23. The normalized spacial score (nSPS) is 14.1. The van der Waals surface area contributed by atoms with Crippen molar-refractivity contribution in [2.75, 3.05) is 6.61 Å². The van der Waals surface area contributed by atoms with Crippen LogP contribution in [0.2, 0.25) is 18.1 Å². The molecule has 0 radical (unpaired) electrons. The molecule has 0 aliphatic rings. The van der Waals surface area contributed by atoms with E-state index in [4.69, 9.17) is 14.5 Å². The third kappa shape index (κ3) is 5.58. The van der Waals surface area contributed by atoms with Crippen LogP contribution in [0.1, 0.15) is 33.3 Å². The molecule has 0 bridgehead atoms. The zero-order valence-corrected chi connectivity index (χ0v) is 15.2. The number of hydrogen-bond donors (Lipinski definition) is 2. The third-order valence-electron chi connectivity index (χ3n) is 4.40. The lowest BCUT2D eigenvalue weighted by molar-refractivity contribution is 0.237. The van der Waals surface area contributed by atoms with Gasteiger partial charge in [-0.25, -0.2) is 0 Å². The molecule has 5 heteroatoms. The first-order chi connectivity index (χ1) is 9.53. The van der Waals surface area contributed by atoms with Gasteiger partial charge in [0.1, 0.15) is 0 Å². The molecule has 0 fully saturated rings. The average molecular weight is 308 g/mol. The Labute approximate surface area is 130 Å². The van der Waals surface area contributed by atoms with Gasteiger partial charge in [-0.3, -0.25) is 0 Å². The second kappa shape index (κ2) is 7.09. The van der Waals surface area contributed by atoms with Crippen molar-refractivity contribution in [3.05, 3.63) is 29.8 Å². The van der Waals surface area contributed by atoms with Crippen LogP contribution in [-0.4, -0.2) is 32.1 Å². The summed E-state index contributed by atoms with van der Waals surface area (Å²) >= 11 is 0. The molecule has 0 saturated carbocycles. The molecule has 1 unspecified atom stereocenters. The number of benzene rings is 1. The van der Waals surface area contributed by atoms with Crippen molar-refractivity contribution in [2.24, 2.45) is 5.92 Å². The van der Waals surface area contributed by atoms with E-state index in [1.807, 2.05) is 12.1 Å². The molecular formula is C16H29BO3Si. The minimum Gasteiger partial charge on any atom is -0.423 e. The molecule has 0 aliphatic carbocycles. The smallest absolute Gasteiger partial charge is 0.423 e.